The third-order valence-corrected chi connectivity index (χ3v) is 49.0. The van der Waals surface area contributed by atoms with Gasteiger partial charge in [0.2, 0.25) is 0 Å². The number of azide groups is 5. The van der Waals surface area contributed by atoms with E-state index in [1.165, 1.54) is 0 Å². The summed E-state index contributed by atoms with van der Waals surface area (Å²) in [5.74, 6) is 1.30. The zero-order valence-corrected chi connectivity index (χ0v) is 72.8. The molecule has 95 heavy (non-hydrogen) atoms. The Morgan fingerprint density at radius 1 is 0.337 bits per heavy atom. The lowest BCUT2D eigenvalue weighted by Gasteiger charge is -2.34. The quantitative estimate of drug-likeness (QED) is 0.00461. The maximum absolute atomic E-state index is 8.32. The Kier molecular flexibility index (Phi) is 48.4. The molecule has 0 unspecified atom stereocenters. The molecule has 0 aromatic carbocycles. The summed E-state index contributed by atoms with van der Waals surface area (Å²) in [4.78, 5) is 48.0. The van der Waals surface area contributed by atoms with E-state index in [1.54, 1.807) is 96.6 Å². The first kappa shape index (κ1) is 92.3. The molecule has 0 aliphatic rings. The third kappa shape index (κ3) is 52.9. The van der Waals surface area contributed by atoms with Crippen LogP contribution in [0.15, 0.2) is 95.8 Å². The topological polar surface area (TPSA) is 375 Å². The third-order valence-electron chi connectivity index (χ3n) is 11.7. The van der Waals surface area contributed by atoms with Gasteiger partial charge in [0, 0.05) is 139 Å². The van der Waals surface area contributed by atoms with Crippen LogP contribution in [0.25, 0.3) is 52.2 Å². The Morgan fingerprint density at radius 3 is 0.811 bits per heavy atom. The number of hydrogen-bond acceptors (Lipinski definition) is 20. The van der Waals surface area contributed by atoms with E-state index in [0.717, 1.165) is 109 Å². The molecule has 4 aromatic heterocycles. The van der Waals surface area contributed by atoms with Crippen molar-refractivity contribution in [2.75, 3.05) is 47.7 Å². The molecule has 26 nitrogen and oxygen atoms in total. The van der Waals surface area contributed by atoms with E-state index in [-0.39, 0.29) is 6.54 Å². The predicted octanol–water partition coefficient (Wildman–Crippen LogP) is 21.4. The smallest absolute Gasteiger partial charge is 0.187 e. The normalized spacial score (nSPS) is 11.7. The number of rotatable bonds is 39. The van der Waals surface area contributed by atoms with Crippen LogP contribution < -0.4 is 0 Å². The first-order valence-corrected chi connectivity index (χ1v) is 63.0. The van der Waals surface area contributed by atoms with Gasteiger partial charge in [-0.1, -0.05) is 98.8 Å². The molecule has 528 valence electrons. The number of hydrogen-bond donors (Lipinski definition) is 0. The van der Waals surface area contributed by atoms with Crippen LogP contribution in [-0.4, -0.2) is 152 Å². The lowest BCUT2D eigenvalue weighted by molar-refractivity contribution is 0.531. The van der Waals surface area contributed by atoms with Crippen LogP contribution in [0, 0.1) is 0 Å². The highest BCUT2D eigenvalue weighted by molar-refractivity contribution is 8.01. The Balaban J connectivity index is 0.00000120. The standard InChI is InChI=1S/C16H24Cl2N4OS2Si2.C13H24ClN5OSSi2.C10H24N6OSi2.C8H12ClN5SSi.C5H12ClN3Si/c1-26(2,11-24-15-19-7-13(5-17)8-20-15)23-27(3,4)12-25-16-21-9-14(6-18)10-22-16;1-22(2,7-5-6-18-19-15)20-23(3,4)11-21-13-16-9-12(8-14)10-17-13;1-18(2,9-5-7-13-15-11)17-19(3,4)10-6-8-14-16-12;1-16(2,9)6-15-8-11-3-7(4-12-8)5-13-14-10;1-10(2,6)5-3-4-8-9-7/h7-10H,5-6,11-12H2,1-4H3;9-10H,5-8,11H2,1-4H3;5-10H2,1-4H3;3-4H,5-6H2,1-2H3;3-5H2,1-2H3. The van der Waals surface area contributed by atoms with E-state index in [2.05, 4.69) is 195 Å². The number of alkyl halides is 3. The maximum atomic E-state index is 8.32. The molecule has 0 N–H and O–H groups in total. The molecule has 0 spiro atoms. The highest BCUT2D eigenvalue weighted by atomic mass is 35.6. The molecule has 0 radical (unpaired) electrons. The maximum Gasteiger partial charge on any atom is 0.187 e. The molecule has 0 amide bonds. The van der Waals surface area contributed by atoms with Gasteiger partial charge in [-0.25, -0.2) is 39.9 Å². The lowest BCUT2D eigenvalue weighted by Crippen LogP contribution is -2.48. The second-order valence-corrected chi connectivity index (χ2v) is 72.6. The second-order valence-electron chi connectivity index (χ2n) is 26.0. The Hall–Kier alpha value is -2.66. The number of thioether (sulfide) groups is 4. The van der Waals surface area contributed by atoms with Crippen molar-refractivity contribution in [1.82, 2.24) is 39.9 Å². The molecule has 0 bridgehead atoms. The molecule has 0 aliphatic carbocycles. The Bertz CT molecular complexity index is 2950. The Morgan fingerprint density at radius 2 is 0.568 bits per heavy atom. The second kappa shape index (κ2) is 49.8. The zero-order chi connectivity index (χ0) is 72.1. The molecule has 0 fully saturated rings. The van der Waals surface area contributed by atoms with Gasteiger partial charge in [0.05, 0.1) is 24.2 Å². The van der Waals surface area contributed by atoms with Gasteiger partial charge in [0.1, 0.15) is 7.38 Å². The van der Waals surface area contributed by atoms with Gasteiger partial charge < -0.3 is 12.3 Å². The van der Waals surface area contributed by atoms with Gasteiger partial charge in [-0.05, 0) is 162 Å². The highest BCUT2D eigenvalue weighted by Crippen LogP contribution is 2.29. The summed E-state index contributed by atoms with van der Waals surface area (Å²) in [6, 6.07) is 4.05. The van der Waals surface area contributed by atoms with Crippen LogP contribution >= 0.6 is 104 Å². The van der Waals surface area contributed by atoms with E-state index >= 15 is 0 Å². The van der Waals surface area contributed by atoms with E-state index in [0.29, 0.717) is 49.0 Å². The molecule has 0 atom stereocenters. The summed E-state index contributed by atoms with van der Waals surface area (Å²) >= 11 is 36.0. The average molecular weight is 1620 g/mol. The summed E-state index contributed by atoms with van der Waals surface area (Å²) in [5.41, 5.74) is 44.5. The van der Waals surface area contributed by atoms with E-state index < -0.39 is 64.7 Å². The molecular formula is C52H96Cl5N23O3S4Si8. The number of nitrogens with zero attached hydrogens (tertiary/aromatic N) is 23. The summed E-state index contributed by atoms with van der Waals surface area (Å²) in [6.45, 7) is 37.6. The predicted molar refractivity (Wildman–Crippen MR) is 421 cm³/mol. The van der Waals surface area contributed by atoms with Gasteiger partial charge in [-0.3, -0.25) is 0 Å². The molecular weight excluding hydrogens is 1520 g/mol. The van der Waals surface area contributed by atoms with Crippen molar-refractivity contribution in [2.24, 2.45) is 25.6 Å². The van der Waals surface area contributed by atoms with Crippen LogP contribution in [0.2, 0.25) is 129 Å². The van der Waals surface area contributed by atoms with Crippen LogP contribution in [0.4, 0.5) is 0 Å². The molecule has 4 heterocycles. The van der Waals surface area contributed by atoms with Crippen LogP contribution in [0.1, 0.15) is 47.9 Å². The zero-order valence-electron chi connectivity index (χ0n) is 57.8. The lowest BCUT2D eigenvalue weighted by atomic mass is 10.4. The van der Waals surface area contributed by atoms with E-state index in [9.17, 15) is 0 Å². The molecule has 4 aromatic rings. The van der Waals surface area contributed by atoms with Crippen LogP contribution in [0.3, 0.4) is 0 Å². The highest BCUT2D eigenvalue weighted by Gasteiger charge is 2.35. The molecule has 4 rings (SSSR count). The van der Waals surface area contributed by atoms with E-state index in [1.807, 2.05) is 0 Å². The van der Waals surface area contributed by atoms with Crippen molar-refractivity contribution in [3.63, 3.8) is 0 Å². The molecule has 43 heteroatoms. The average Bonchev–Trinajstić information content (AvgIpc) is 1.05. The summed E-state index contributed by atoms with van der Waals surface area (Å²) in [7, 11) is -13.6. The van der Waals surface area contributed by atoms with Gasteiger partial charge in [-0.15, -0.1) is 34.8 Å². The fraction of sp³-hybridized carbons (Fsp3) is 0.692. The number of halogens is 5. The first-order valence-electron chi connectivity index (χ1n) is 30.4. The Labute approximate surface area is 612 Å². The summed E-state index contributed by atoms with van der Waals surface area (Å²) < 4.78 is 19.6. The van der Waals surface area contributed by atoms with Gasteiger partial charge >= 0.3 is 0 Å². The fourth-order valence-corrected chi connectivity index (χ4v) is 43.4. The summed E-state index contributed by atoms with van der Waals surface area (Å²) in [6.07, 6.45) is 17.6. The van der Waals surface area contributed by atoms with Crippen molar-refractivity contribution in [3.05, 3.63) is 124 Å². The van der Waals surface area contributed by atoms with Gasteiger partial charge in [0.15, 0.2) is 77.9 Å². The molecule has 0 saturated heterocycles. The van der Waals surface area contributed by atoms with Crippen molar-refractivity contribution < 1.29 is 12.3 Å². The minimum Gasteiger partial charge on any atom is -0.455 e. The van der Waals surface area contributed by atoms with Crippen LogP contribution in [0.5, 0.6) is 0 Å². The first-order chi connectivity index (χ1) is 44.4. The van der Waals surface area contributed by atoms with Crippen molar-refractivity contribution in [1.29, 1.82) is 0 Å². The minimum atomic E-state index is -1.85. The SMILES string of the molecule is C[Si](C)(CCCN=[N+]=[N-])O[Si](C)(C)CCCN=[N+]=[N-].C[Si](C)(CCCN=[N+]=[N-])O[Si](C)(C)CSc1ncc(CCl)cn1.C[Si](C)(CSc1ncc(CCl)cn1)O[Si](C)(C)CSc1ncc(CCl)cn1.C[Si](C)(Cl)CCCN=[N+]=[N-].C[Si](C)(Cl)CSc1ncc(CN=[N+]=[N-])cn1. The minimum absolute atomic E-state index is 0.289. The fourth-order valence-electron chi connectivity index (χ4n) is 7.98. The largest absolute Gasteiger partial charge is 0.455 e. The van der Waals surface area contributed by atoms with Gasteiger partial charge in [0.25, 0.3) is 0 Å². The summed E-state index contributed by atoms with van der Waals surface area (Å²) in [5, 5.41) is 24.2. The van der Waals surface area contributed by atoms with Crippen molar-refractivity contribution >= 4 is 169 Å². The van der Waals surface area contributed by atoms with Crippen LogP contribution in [-0.2, 0) is 36.5 Å². The molecule has 0 aliphatic heterocycles. The van der Waals surface area contributed by atoms with Crippen molar-refractivity contribution in [2.45, 2.75) is 199 Å². The van der Waals surface area contributed by atoms with Gasteiger partial charge in [-0.2, -0.15) is 22.2 Å². The van der Waals surface area contributed by atoms with E-state index in [4.69, 9.17) is 97.0 Å². The number of aromatic nitrogens is 8. The van der Waals surface area contributed by atoms with Crippen molar-refractivity contribution in [3.8, 4) is 0 Å². The molecule has 0 saturated carbocycles. The monoisotopic (exact) mass is 1620 g/mol.